The highest BCUT2D eigenvalue weighted by molar-refractivity contribution is 5.83. The number of nitrogens with zero attached hydrogens (tertiary/aromatic N) is 3. The lowest BCUT2D eigenvalue weighted by Gasteiger charge is -2.30. The van der Waals surface area contributed by atoms with Gasteiger partial charge in [-0.3, -0.25) is 0 Å². The van der Waals surface area contributed by atoms with Crippen LogP contribution in [0.5, 0.6) is 0 Å². The summed E-state index contributed by atoms with van der Waals surface area (Å²) < 4.78 is 12.9. The number of hydrogen-bond acceptors (Lipinski definition) is 5. The molecule has 8 nitrogen and oxygen atoms in total. The summed E-state index contributed by atoms with van der Waals surface area (Å²) in [4.78, 5) is 31.3. The van der Waals surface area contributed by atoms with E-state index in [1.165, 1.54) is 0 Å². The van der Waals surface area contributed by atoms with Gasteiger partial charge in [0.2, 0.25) is 0 Å². The average Bonchev–Trinajstić information content (AvgIpc) is 3.20. The molecule has 2 amide bonds. The predicted octanol–water partition coefficient (Wildman–Crippen LogP) is 5.02. The Morgan fingerprint density at radius 3 is 2.60 bits per heavy atom. The summed E-state index contributed by atoms with van der Waals surface area (Å²) in [6, 6.07) is 13.6. The van der Waals surface area contributed by atoms with Crippen molar-refractivity contribution in [3.05, 3.63) is 71.6 Å². The molecule has 3 heterocycles. The first-order valence-electron chi connectivity index (χ1n) is 11.8. The molecule has 0 radical (unpaired) electrons. The molecule has 1 aromatic carbocycles. The van der Waals surface area contributed by atoms with E-state index in [-0.39, 0.29) is 19.2 Å². The van der Waals surface area contributed by atoms with Crippen LogP contribution in [0.2, 0.25) is 0 Å². The van der Waals surface area contributed by atoms with Gasteiger partial charge in [0.05, 0.1) is 23.3 Å². The number of ether oxygens (including phenoxy) is 2. The summed E-state index contributed by atoms with van der Waals surface area (Å²) in [6.07, 6.45) is 3.86. The lowest BCUT2D eigenvalue weighted by Crippen LogP contribution is -2.39. The van der Waals surface area contributed by atoms with E-state index in [1.54, 1.807) is 4.90 Å². The maximum absolute atomic E-state index is 12.4. The van der Waals surface area contributed by atoms with Crippen molar-refractivity contribution in [2.75, 3.05) is 13.1 Å². The van der Waals surface area contributed by atoms with Crippen LogP contribution in [0.4, 0.5) is 9.59 Å². The molecule has 8 heteroatoms. The molecule has 184 valence electrons. The number of rotatable bonds is 5. The molecule has 35 heavy (non-hydrogen) atoms. The number of hydrogen-bond donors (Lipinski definition) is 1. The Kier molecular flexibility index (Phi) is 7.10. The van der Waals surface area contributed by atoms with Gasteiger partial charge in [-0.05, 0) is 50.5 Å². The molecule has 0 fully saturated rings. The molecule has 2 aromatic heterocycles. The van der Waals surface area contributed by atoms with Gasteiger partial charge in [-0.1, -0.05) is 36.4 Å². The minimum Gasteiger partial charge on any atom is -0.445 e. The molecule has 0 aliphatic carbocycles. The summed E-state index contributed by atoms with van der Waals surface area (Å²) in [7, 11) is 1.98. The van der Waals surface area contributed by atoms with Crippen molar-refractivity contribution in [2.45, 2.75) is 45.9 Å². The van der Waals surface area contributed by atoms with Crippen molar-refractivity contribution in [1.29, 1.82) is 0 Å². The lowest BCUT2D eigenvalue weighted by atomic mass is 9.97. The van der Waals surface area contributed by atoms with Gasteiger partial charge >= 0.3 is 12.2 Å². The maximum atomic E-state index is 12.4. The molecule has 0 saturated heterocycles. The standard InChI is InChI=1S/C27H32N4O4/c1-27(2,3)35-26(33)31-14-10-20(11-15-31)21-16-24-22(12-13-30(24)4)29-23(21)17-28-25(32)34-18-19-8-6-5-7-9-19/h5-10,12-13,16H,11,14-15,17-18H2,1-4H3,(H,28,32). The number of aromatic nitrogens is 2. The number of alkyl carbamates (subject to hydrolysis) is 1. The summed E-state index contributed by atoms with van der Waals surface area (Å²) in [6.45, 7) is 7.04. The third-order valence-corrected chi connectivity index (χ3v) is 5.77. The Balaban J connectivity index is 1.49. The van der Waals surface area contributed by atoms with Crippen LogP contribution in [-0.2, 0) is 29.7 Å². The van der Waals surface area contributed by atoms with Crippen molar-refractivity contribution >= 4 is 28.8 Å². The smallest absolute Gasteiger partial charge is 0.410 e. The van der Waals surface area contributed by atoms with Crippen LogP contribution in [0, 0.1) is 0 Å². The van der Waals surface area contributed by atoms with E-state index in [9.17, 15) is 9.59 Å². The highest BCUT2D eigenvalue weighted by Gasteiger charge is 2.25. The van der Waals surface area contributed by atoms with E-state index in [0.29, 0.717) is 19.5 Å². The van der Waals surface area contributed by atoms with Crippen LogP contribution in [0.3, 0.4) is 0 Å². The Morgan fingerprint density at radius 2 is 1.91 bits per heavy atom. The normalized spacial score (nSPS) is 13.9. The zero-order valence-electron chi connectivity index (χ0n) is 20.7. The molecular formula is C27H32N4O4. The van der Waals surface area contributed by atoms with E-state index < -0.39 is 11.7 Å². The molecule has 3 aromatic rings. The third kappa shape index (κ3) is 6.20. The van der Waals surface area contributed by atoms with Gasteiger partial charge in [0, 0.05) is 31.9 Å². The number of aryl methyl sites for hydroxylation is 1. The van der Waals surface area contributed by atoms with E-state index in [0.717, 1.165) is 33.4 Å². The van der Waals surface area contributed by atoms with Gasteiger partial charge in [0.25, 0.3) is 0 Å². The molecule has 0 spiro atoms. The SMILES string of the molecule is Cn1ccc2nc(CNC(=O)OCc3ccccc3)c(C3=CCN(C(=O)OC(C)(C)C)CC3)cc21. The largest absolute Gasteiger partial charge is 0.445 e. The van der Waals surface area contributed by atoms with Crippen LogP contribution in [0.1, 0.15) is 44.0 Å². The number of pyridine rings is 1. The minimum absolute atomic E-state index is 0.205. The summed E-state index contributed by atoms with van der Waals surface area (Å²) in [5, 5.41) is 2.83. The Hall–Kier alpha value is -3.81. The third-order valence-electron chi connectivity index (χ3n) is 5.77. The molecule has 1 N–H and O–H groups in total. The Labute approximate surface area is 205 Å². The Morgan fingerprint density at radius 1 is 1.14 bits per heavy atom. The van der Waals surface area contributed by atoms with E-state index in [1.807, 2.05) is 81.1 Å². The molecule has 1 aliphatic heterocycles. The number of amides is 2. The molecule has 0 bridgehead atoms. The molecule has 1 aliphatic rings. The first kappa shape index (κ1) is 24.3. The van der Waals surface area contributed by atoms with Crippen molar-refractivity contribution < 1.29 is 19.1 Å². The number of fused-ring (bicyclic) bond motifs is 1. The number of nitrogens with one attached hydrogen (secondary N) is 1. The fourth-order valence-corrected chi connectivity index (χ4v) is 3.97. The van der Waals surface area contributed by atoms with Crippen molar-refractivity contribution in [2.24, 2.45) is 7.05 Å². The average molecular weight is 477 g/mol. The van der Waals surface area contributed by atoms with Crippen LogP contribution >= 0.6 is 0 Å². The van der Waals surface area contributed by atoms with E-state index in [4.69, 9.17) is 14.5 Å². The van der Waals surface area contributed by atoms with E-state index in [2.05, 4.69) is 11.4 Å². The lowest BCUT2D eigenvalue weighted by molar-refractivity contribution is 0.0270. The molecular weight excluding hydrogens is 444 g/mol. The second-order valence-electron chi connectivity index (χ2n) is 9.63. The van der Waals surface area contributed by atoms with E-state index >= 15 is 0 Å². The number of carbonyl (C=O) groups is 2. The maximum Gasteiger partial charge on any atom is 0.410 e. The first-order chi connectivity index (χ1) is 16.7. The van der Waals surface area contributed by atoms with Gasteiger partial charge in [0.15, 0.2) is 0 Å². The van der Waals surface area contributed by atoms with Crippen molar-refractivity contribution in [3.63, 3.8) is 0 Å². The molecule has 0 saturated carbocycles. The summed E-state index contributed by atoms with van der Waals surface area (Å²) in [5.41, 5.74) is 5.08. The minimum atomic E-state index is -0.531. The highest BCUT2D eigenvalue weighted by Crippen LogP contribution is 2.28. The quantitative estimate of drug-likeness (QED) is 0.559. The van der Waals surface area contributed by atoms with Gasteiger partial charge in [-0.25, -0.2) is 14.6 Å². The zero-order chi connectivity index (χ0) is 25.0. The summed E-state index contributed by atoms with van der Waals surface area (Å²) in [5.74, 6) is 0. The fourth-order valence-electron chi connectivity index (χ4n) is 3.97. The molecule has 4 rings (SSSR count). The van der Waals surface area contributed by atoms with Crippen molar-refractivity contribution in [3.8, 4) is 0 Å². The van der Waals surface area contributed by atoms with Crippen LogP contribution in [-0.4, -0.2) is 45.3 Å². The van der Waals surface area contributed by atoms with Gasteiger partial charge in [0.1, 0.15) is 12.2 Å². The number of carbonyl (C=O) groups excluding carboxylic acids is 2. The summed E-state index contributed by atoms with van der Waals surface area (Å²) >= 11 is 0. The zero-order valence-corrected chi connectivity index (χ0v) is 20.7. The second kappa shape index (κ2) is 10.2. The Bertz CT molecular complexity index is 1240. The molecule has 0 atom stereocenters. The highest BCUT2D eigenvalue weighted by atomic mass is 16.6. The van der Waals surface area contributed by atoms with Crippen molar-refractivity contribution in [1.82, 2.24) is 19.8 Å². The topological polar surface area (TPSA) is 85.7 Å². The predicted molar refractivity (Wildman–Crippen MR) is 135 cm³/mol. The monoisotopic (exact) mass is 476 g/mol. The van der Waals surface area contributed by atoms with Gasteiger partial charge < -0.3 is 24.3 Å². The van der Waals surface area contributed by atoms with Gasteiger partial charge in [-0.15, -0.1) is 0 Å². The van der Waals surface area contributed by atoms with Gasteiger partial charge in [-0.2, -0.15) is 0 Å². The number of benzene rings is 1. The fraction of sp³-hybridized carbons (Fsp3) is 0.370. The first-order valence-corrected chi connectivity index (χ1v) is 11.8. The van der Waals surface area contributed by atoms with Crippen LogP contribution in [0.25, 0.3) is 16.6 Å². The molecule has 0 unspecified atom stereocenters. The second-order valence-corrected chi connectivity index (χ2v) is 9.63. The van der Waals surface area contributed by atoms with Crippen LogP contribution in [0.15, 0.2) is 54.7 Å². The van der Waals surface area contributed by atoms with Crippen LogP contribution < -0.4 is 5.32 Å².